The van der Waals surface area contributed by atoms with E-state index in [0.717, 1.165) is 34.7 Å². The summed E-state index contributed by atoms with van der Waals surface area (Å²) in [5.74, 6) is 1.26. The molecule has 0 saturated carbocycles. The Balaban J connectivity index is 1.60. The Morgan fingerprint density at radius 2 is 1.91 bits per heavy atom. The van der Waals surface area contributed by atoms with Gasteiger partial charge in [0.25, 0.3) is 5.91 Å². The number of amides is 1. The van der Waals surface area contributed by atoms with Crippen LogP contribution in [0.1, 0.15) is 39.8 Å². The van der Waals surface area contributed by atoms with Crippen LogP contribution in [-0.4, -0.2) is 28.4 Å². The summed E-state index contributed by atoms with van der Waals surface area (Å²) in [6.07, 6.45) is 0. The van der Waals surface area contributed by atoms with Gasteiger partial charge in [-0.3, -0.25) is 14.8 Å². The number of rotatable bonds is 5. The SMILES string of the molecule is CCn1nc(C)c(CN=C(NC(=O)c2ccc3c(c2)OCO3)Nc2ccccc2C)c1C. The van der Waals surface area contributed by atoms with Crippen LogP contribution in [0.2, 0.25) is 0 Å². The van der Waals surface area contributed by atoms with E-state index in [4.69, 9.17) is 14.5 Å². The maximum atomic E-state index is 13.0. The molecule has 2 aromatic carbocycles. The van der Waals surface area contributed by atoms with E-state index in [9.17, 15) is 4.79 Å². The molecule has 0 unspecified atom stereocenters. The van der Waals surface area contributed by atoms with E-state index in [1.54, 1.807) is 18.2 Å². The molecular weight excluding hydrogens is 406 g/mol. The molecule has 0 saturated heterocycles. The second-order valence-corrected chi connectivity index (χ2v) is 7.59. The average molecular weight is 434 g/mol. The standard InChI is InChI=1S/C24H27N5O3/c1-5-29-17(4)19(16(3)28-29)13-25-24(26-20-9-7-6-8-15(20)2)27-23(30)18-10-11-21-22(12-18)32-14-31-21/h6-12H,5,13-14H2,1-4H3,(H2,25,26,27,30). The van der Waals surface area contributed by atoms with Gasteiger partial charge >= 0.3 is 0 Å². The maximum Gasteiger partial charge on any atom is 0.258 e. The number of carbonyl (C=O) groups is 1. The number of guanidine groups is 1. The van der Waals surface area contributed by atoms with E-state index in [2.05, 4.69) is 22.7 Å². The van der Waals surface area contributed by atoms with E-state index in [0.29, 0.717) is 29.6 Å². The summed E-state index contributed by atoms with van der Waals surface area (Å²) in [4.78, 5) is 17.7. The van der Waals surface area contributed by atoms with Gasteiger partial charge in [-0.1, -0.05) is 18.2 Å². The number of aryl methyl sites for hydroxylation is 3. The van der Waals surface area contributed by atoms with Gasteiger partial charge in [-0.25, -0.2) is 4.99 Å². The van der Waals surface area contributed by atoms with Crippen LogP contribution in [-0.2, 0) is 13.1 Å². The Bertz CT molecular complexity index is 1180. The van der Waals surface area contributed by atoms with Crippen molar-refractivity contribution in [3.63, 3.8) is 0 Å². The van der Waals surface area contributed by atoms with Crippen LogP contribution < -0.4 is 20.1 Å². The van der Waals surface area contributed by atoms with E-state index >= 15 is 0 Å². The first kappa shape index (κ1) is 21.4. The maximum absolute atomic E-state index is 13.0. The van der Waals surface area contributed by atoms with Gasteiger partial charge in [-0.15, -0.1) is 0 Å². The van der Waals surface area contributed by atoms with Gasteiger partial charge in [0.1, 0.15) is 0 Å². The second-order valence-electron chi connectivity index (χ2n) is 7.59. The molecule has 8 nitrogen and oxygen atoms in total. The number of aromatic nitrogens is 2. The fraction of sp³-hybridized carbons (Fsp3) is 0.292. The molecule has 0 radical (unpaired) electrons. The fourth-order valence-corrected chi connectivity index (χ4v) is 3.60. The largest absolute Gasteiger partial charge is 0.454 e. The molecule has 1 aliphatic rings. The van der Waals surface area contributed by atoms with Gasteiger partial charge < -0.3 is 14.8 Å². The molecule has 1 aromatic heterocycles. The Hall–Kier alpha value is -3.81. The summed E-state index contributed by atoms with van der Waals surface area (Å²) in [5.41, 5.74) is 5.43. The van der Waals surface area contributed by atoms with Crippen LogP contribution in [0, 0.1) is 20.8 Å². The molecule has 1 amide bonds. The zero-order valence-electron chi connectivity index (χ0n) is 18.7. The van der Waals surface area contributed by atoms with Crippen molar-refractivity contribution in [2.45, 2.75) is 40.8 Å². The monoisotopic (exact) mass is 433 g/mol. The highest BCUT2D eigenvalue weighted by Gasteiger charge is 2.18. The zero-order valence-corrected chi connectivity index (χ0v) is 18.7. The van der Waals surface area contributed by atoms with Crippen molar-refractivity contribution >= 4 is 17.6 Å². The van der Waals surface area contributed by atoms with Crippen molar-refractivity contribution < 1.29 is 14.3 Å². The minimum Gasteiger partial charge on any atom is -0.454 e. The summed E-state index contributed by atoms with van der Waals surface area (Å²) in [7, 11) is 0. The lowest BCUT2D eigenvalue weighted by Gasteiger charge is -2.14. The molecule has 2 heterocycles. The third kappa shape index (κ3) is 4.44. The van der Waals surface area contributed by atoms with E-state index in [-0.39, 0.29) is 12.7 Å². The Morgan fingerprint density at radius 3 is 2.66 bits per heavy atom. The van der Waals surface area contributed by atoms with Crippen LogP contribution in [0.4, 0.5) is 5.69 Å². The first-order chi connectivity index (χ1) is 15.5. The van der Waals surface area contributed by atoms with Gasteiger partial charge in [0.05, 0.1) is 12.2 Å². The molecule has 0 aliphatic carbocycles. The number of benzene rings is 2. The number of anilines is 1. The highest BCUT2D eigenvalue weighted by molar-refractivity contribution is 6.10. The van der Waals surface area contributed by atoms with Crippen LogP contribution in [0.15, 0.2) is 47.5 Å². The van der Waals surface area contributed by atoms with Gasteiger partial charge in [-0.05, 0) is 57.5 Å². The van der Waals surface area contributed by atoms with Crippen LogP contribution in [0.3, 0.4) is 0 Å². The smallest absolute Gasteiger partial charge is 0.258 e. The second kappa shape index (κ2) is 9.13. The van der Waals surface area contributed by atoms with Gasteiger partial charge in [0, 0.05) is 29.1 Å². The average Bonchev–Trinajstić information content (AvgIpc) is 3.36. The number of aliphatic imine (C=N–C) groups is 1. The summed E-state index contributed by atoms with van der Waals surface area (Å²) >= 11 is 0. The highest BCUT2D eigenvalue weighted by atomic mass is 16.7. The Morgan fingerprint density at radius 1 is 1.12 bits per heavy atom. The molecule has 1 aliphatic heterocycles. The number of carbonyl (C=O) groups excluding carboxylic acids is 1. The van der Waals surface area contributed by atoms with Crippen molar-refractivity contribution in [2.24, 2.45) is 4.99 Å². The van der Waals surface area contributed by atoms with Gasteiger partial charge in [0.15, 0.2) is 11.5 Å². The van der Waals surface area contributed by atoms with Gasteiger partial charge in [0.2, 0.25) is 12.8 Å². The minimum atomic E-state index is -0.291. The number of fused-ring (bicyclic) bond motifs is 1. The lowest BCUT2D eigenvalue weighted by atomic mass is 10.2. The van der Waals surface area contributed by atoms with E-state index in [1.807, 2.05) is 49.7 Å². The normalized spacial score (nSPS) is 12.7. The number of hydrogen-bond donors (Lipinski definition) is 2. The first-order valence-electron chi connectivity index (χ1n) is 10.6. The Kier molecular flexibility index (Phi) is 6.11. The predicted molar refractivity (Wildman–Crippen MR) is 123 cm³/mol. The molecule has 3 aromatic rings. The zero-order chi connectivity index (χ0) is 22.7. The summed E-state index contributed by atoms with van der Waals surface area (Å²) < 4.78 is 12.7. The number of nitrogens with zero attached hydrogens (tertiary/aromatic N) is 3. The molecule has 0 spiro atoms. The lowest BCUT2D eigenvalue weighted by molar-refractivity contribution is 0.0976. The van der Waals surface area contributed by atoms with Crippen molar-refractivity contribution in [3.8, 4) is 11.5 Å². The fourth-order valence-electron chi connectivity index (χ4n) is 3.60. The molecule has 166 valence electrons. The number of para-hydroxylation sites is 1. The summed E-state index contributed by atoms with van der Waals surface area (Å²) in [6, 6.07) is 13.0. The topological polar surface area (TPSA) is 89.8 Å². The molecular formula is C24H27N5O3. The van der Waals surface area contributed by atoms with Crippen LogP contribution >= 0.6 is 0 Å². The van der Waals surface area contributed by atoms with Crippen LogP contribution in [0.25, 0.3) is 0 Å². The minimum absolute atomic E-state index is 0.159. The molecule has 0 bridgehead atoms. The lowest BCUT2D eigenvalue weighted by Crippen LogP contribution is -2.36. The Labute approximate surface area is 187 Å². The van der Waals surface area contributed by atoms with Crippen molar-refractivity contribution in [2.75, 3.05) is 12.1 Å². The van der Waals surface area contributed by atoms with E-state index in [1.165, 1.54) is 0 Å². The number of nitrogens with one attached hydrogen (secondary N) is 2. The molecule has 0 atom stereocenters. The third-order valence-electron chi connectivity index (χ3n) is 5.49. The van der Waals surface area contributed by atoms with Crippen molar-refractivity contribution in [1.29, 1.82) is 0 Å². The number of hydrogen-bond acceptors (Lipinski definition) is 5. The van der Waals surface area contributed by atoms with Crippen LogP contribution in [0.5, 0.6) is 11.5 Å². The number of ether oxygens (including phenoxy) is 2. The molecule has 8 heteroatoms. The predicted octanol–water partition coefficient (Wildman–Crippen LogP) is 3.96. The first-order valence-corrected chi connectivity index (χ1v) is 10.6. The quantitative estimate of drug-likeness (QED) is 0.470. The summed E-state index contributed by atoms with van der Waals surface area (Å²) in [5, 5.41) is 10.7. The third-order valence-corrected chi connectivity index (χ3v) is 5.49. The molecule has 2 N–H and O–H groups in total. The van der Waals surface area contributed by atoms with Crippen molar-refractivity contribution in [3.05, 3.63) is 70.5 Å². The highest BCUT2D eigenvalue weighted by Crippen LogP contribution is 2.32. The molecule has 32 heavy (non-hydrogen) atoms. The van der Waals surface area contributed by atoms with Crippen molar-refractivity contribution in [1.82, 2.24) is 15.1 Å². The molecule has 4 rings (SSSR count). The molecule has 0 fully saturated rings. The summed E-state index contributed by atoms with van der Waals surface area (Å²) in [6.45, 7) is 9.42. The van der Waals surface area contributed by atoms with Gasteiger partial charge in [-0.2, -0.15) is 5.10 Å². The van der Waals surface area contributed by atoms with E-state index < -0.39 is 0 Å².